The Kier molecular flexibility index (Phi) is 4.95. The number of hydrogen-bond acceptors (Lipinski definition) is 4. The number of benzene rings is 1. The van der Waals surface area contributed by atoms with Crippen molar-refractivity contribution >= 4 is 15.7 Å². The summed E-state index contributed by atoms with van der Waals surface area (Å²) in [5.41, 5.74) is 0.168. The number of aliphatic hydroxyl groups excluding tert-OH is 1. The highest BCUT2D eigenvalue weighted by Crippen LogP contribution is 2.26. The number of anilines is 1. The summed E-state index contributed by atoms with van der Waals surface area (Å²) in [5.74, 6) is 0. The molecule has 1 aromatic carbocycles. The maximum absolute atomic E-state index is 12.2. The number of sulfonamides is 1. The van der Waals surface area contributed by atoms with E-state index >= 15 is 0 Å². The van der Waals surface area contributed by atoms with Crippen LogP contribution in [-0.2, 0) is 10.0 Å². The average molecular weight is 286 g/mol. The summed E-state index contributed by atoms with van der Waals surface area (Å²) in [4.78, 5) is 0.242. The zero-order valence-corrected chi connectivity index (χ0v) is 12.7. The molecule has 0 amide bonds. The maximum atomic E-state index is 12.2. The van der Waals surface area contributed by atoms with Crippen LogP contribution in [0.4, 0.5) is 5.69 Å². The van der Waals surface area contributed by atoms with E-state index in [4.69, 9.17) is 5.11 Å². The highest BCUT2D eigenvalue weighted by molar-refractivity contribution is 7.89. The molecule has 2 N–H and O–H groups in total. The first kappa shape index (κ1) is 15.9. The number of rotatable bonds is 6. The summed E-state index contributed by atoms with van der Waals surface area (Å²) in [6.07, 6.45) is 0.531. The molecule has 1 aromatic rings. The van der Waals surface area contributed by atoms with E-state index < -0.39 is 10.0 Å². The van der Waals surface area contributed by atoms with Gasteiger partial charge in [0.15, 0.2) is 0 Å². The molecule has 5 nitrogen and oxygen atoms in total. The van der Waals surface area contributed by atoms with E-state index in [1.54, 1.807) is 24.3 Å². The minimum absolute atomic E-state index is 0.0442. The van der Waals surface area contributed by atoms with Gasteiger partial charge in [-0.05, 0) is 32.4 Å². The average Bonchev–Trinajstić information content (AvgIpc) is 2.28. The summed E-state index contributed by atoms with van der Waals surface area (Å²) in [7, 11) is -0.477. The largest absolute Gasteiger partial charge is 0.396 e. The van der Waals surface area contributed by atoms with Crippen molar-refractivity contribution in [1.29, 1.82) is 0 Å². The lowest BCUT2D eigenvalue weighted by Gasteiger charge is -2.28. The fourth-order valence-electron chi connectivity index (χ4n) is 1.70. The highest BCUT2D eigenvalue weighted by atomic mass is 32.2. The van der Waals surface area contributed by atoms with Crippen LogP contribution in [0.3, 0.4) is 0 Å². The zero-order valence-electron chi connectivity index (χ0n) is 11.8. The highest BCUT2D eigenvalue weighted by Gasteiger charge is 2.24. The molecule has 0 unspecified atom stereocenters. The van der Waals surface area contributed by atoms with E-state index in [0.717, 1.165) is 0 Å². The molecule has 0 spiro atoms. The normalized spacial score (nSPS) is 12.7. The van der Waals surface area contributed by atoms with E-state index in [9.17, 15) is 8.42 Å². The quantitative estimate of drug-likeness (QED) is 0.831. The molecule has 0 fully saturated rings. The monoisotopic (exact) mass is 286 g/mol. The summed E-state index contributed by atoms with van der Waals surface area (Å²) in [5, 5.41) is 12.2. The molecule has 0 heterocycles. The van der Waals surface area contributed by atoms with E-state index in [2.05, 4.69) is 5.32 Å². The van der Waals surface area contributed by atoms with E-state index in [1.165, 1.54) is 18.4 Å². The number of aliphatic hydroxyl groups is 1. The van der Waals surface area contributed by atoms with Gasteiger partial charge in [0.1, 0.15) is 4.90 Å². The minimum Gasteiger partial charge on any atom is -0.396 e. The Balaban J connectivity index is 3.18. The molecule has 0 saturated heterocycles. The maximum Gasteiger partial charge on any atom is 0.244 e. The van der Waals surface area contributed by atoms with Crippen LogP contribution >= 0.6 is 0 Å². The van der Waals surface area contributed by atoms with Gasteiger partial charge in [0.05, 0.1) is 5.69 Å². The summed E-state index contributed by atoms with van der Waals surface area (Å²) in [6.45, 7) is 3.88. The van der Waals surface area contributed by atoms with Crippen LogP contribution in [0.15, 0.2) is 29.2 Å². The second kappa shape index (κ2) is 5.90. The van der Waals surface area contributed by atoms with Crippen LogP contribution < -0.4 is 5.32 Å². The molecule has 1 rings (SSSR count). The molecule has 0 aliphatic rings. The molecule has 0 aromatic heterocycles. The molecule has 6 heteroatoms. The predicted molar refractivity (Wildman–Crippen MR) is 76.7 cm³/mol. The minimum atomic E-state index is -3.49. The van der Waals surface area contributed by atoms with Crippen LogP contribution in [0.25, 0.3) is 0 Å². The fraction of sp³-hybridized carbons (Fsp3) is 0.538. The third kappa shape index (κ3) is 3.92. The third-order valence-electron chi connectivity index (χ3n) is 2.86. The lowest BCUT2D eigenvalue weighted by molar-refractivity contribution is 0.260. The first-order valence-electron chi connectivity index (χ1n) is 6.11. The lowest BCUT2D eigenvalue weighted by atomic mass is 10.0. The van der Waals surface area contributed by atoms with E-state index in [0.29, 0.717) is 12.1 Å². The lowest BCUT2D eigenvalue weighted by Crippen LogP contribution is -2.33. The van der Waals surface area contributed by atoms with Crippen molar-refractivity contribution in [2.45, 2.75) is 30.7 Å². The van der Waals surface area contributed by atoms with Crippen LogP contribution in [0.5, 0.6) is 0 Å². The molecular weight excluding hydrogens is 264 g/mol. The molecule has 0 saturated carbocycles. The van der Waals surface area contributed by atoms with Crippen LogP contribution in [-0.4, -0.2) is 44.1 Å². The van der Waals surface area contributed by atoms with Crippen molar-refractivity contribution in [2.24, 2.45) is 0 Å². The number of nitrogens with zero attached hydrogens (tertiary/aromatic N) is 1. The Labute approximate surface area is 115 Å². The molecule has 0 atom stereocenters. The Hall–Kier alpha value is -1.11. The fourth-order valence-corrected chi connectivity index (χ4v) is 2.74. The van der Waals surface area contributed by atoms with Gasteiger partial charge in [0.2, 0.25) is 10.0 Å². The first-order valence-corrected chi connectivity index (χ1v) is 7.55. The van der Waals surface area contributed by atoms with Crippen molar-refractivity contribution < 1.29 is 13.5 Å². The number of nitrogens with one attached hydrogen (secondary N) is 1. The van der Waals surface area contributed by atoms with E-state index in [-0.39, 0.29) is 17.0 Å². The summed E-state index contributed by atoms with van der Waals surface area (Å²) < 4.78 is 25.7. The van der Waals surface area contributed by atoms with Crippen molar-refractivity contribution in [1.82, 2.24) is 4.31 Å². The molecular formula is C13H22N2O3S. The second-order valence-electron chi connectivity index (χ2n) is 5.27. The van der Waals surface area contributed by atoms with Crippen molar-refractivity contribution in [3.05, 3.63) is 24.3 Å². The van der Waals surface area contributed by atoms with Gasteiger partial charge >= 0.3 is 0 Å². The topological polar surface area (TPSA) is 69.6 Å². The predicted octanol–water partition coefficient (Wildman–Crippen LogP) is 1.51. The Morgan fingerprint density at radius 3 is 2.37 bits per heavy atom. The van der Waals surface area contributed by atoms with Gasteiger partial charge in [0.25, 0.3) is 0 Å². The van der Waals surface area contributed by atoms with Gasteiger partial charge < -0.3 is 10.4 Å². The smallest absolute Gasteiger partial charge is 0.244 e. The summed E-state index contributed by atoms with van der Waals surface area (Å²) >= 11 is 0. The van der Waals surface area contributed by atoms with Gasteiger partial charge in [-0.3, -0.25) is 0 Å². The van der Waals surface area contributed by atoms with Gasteiger partial charge in [-0.1, -0.05) is 12.1 Å². The van der Waals surface area contributed by atoms with Gasteiger partial charge in [0, 0.05) is 26.2 Å². The zero-order chi connectivity index (χ0) is 14.7. The third-order valence-corrected chi connectivity index (χ3v) is 4.73. The SMILES string of the molecule is CN(C)S(=O)(=O)c1ccccc1NC(C)(C)CCO. The molecule has 0 aliphatic heterocycles. The number of para-hydroxylation sites is 1. The van der Waals surface area contributed by atoms with Crippen molar-refractivity contribution in [2.75, 3.05) is 26.0 Å². The molecule has 19 heavy (non-hydrogen) atoms. The van der Waals surface area contributed by atoms with Gasteiger partial charge in [-0.15, -0.1) is 0 Å². The Bertz CT molecular complexity index is 524. The standard InChI is InChI=1S/C13H22N2O3S/c1-13(2,9-10-16)14-11-7-5-6-8-12(11)19(17,18)15(3)4/h5-8,14,16H,9-10H2,1-4H3. The molecule has 0 aliphatic carbocycles. The van der Waals surface area contributed by atoms with Gasteiger partial charge in [-0.2, -0.15) is 0 Å². The Morgan fingerprint density at radius 2 is 1.84 bits per heavy atom. The molecule has 0 radical (unpaired) electrons. The Morgan fingerprint density at radius 1 is 1.26 bits per heavy atom. The van der Waals surface area contributed by atoms with Crippen LogP contribution in [0.2, 0.25) is 0 Å². The first-order chi connectivity index (χ1) is 8.70. The summed E-state index contributed by atoms with van der Waals surface area (Å²) in [6, 6.07) is 6.79. The van der Waals surface area contributed by atoms with Gasteiger partial charge in [-0.25, -0.2) is 12.7 Å². The van der Waals surface area contributed by atoms with Crippen LogP contribution in [0.1, 0.15) is 20.3 Å². The van der Waals surface area contributed by atoms with Crippen molar-refractivity contribution in [3.8, 4) is 0 Å². The number of hydrogen-bond donors (Lipinski definition) is 2. The van der Waals surface area contributed by atoms with Crippen molar-refractivity contribution in [3.63, 3.8) is 0 Å². The van der Waals surface area contributed by atoms with E-state index in [1.807, 2.05) is 13.8 Å². The molecule has 108 valence electrons. The van der Waals surface area contributed by atoms with Crippen LogP contribution in [0, 0.1) is 0 Å². The molecule has 0 bridgehead atoms. The second-order valence-corrected chi connectivity index (χ2v) is 7.39.